The van der Waals surface area contributed by atoms with Gasteiger partial charge in [0, 0.05) is 37.4 Å². The maximum atomic E-state index is 14.4. The van der Waals surface area contributed by atoms with E-state index in [1.165, 1.54) is 6.07 Å². The molecule has 1 amide bonds. The Kier molecular flexibility index (Phi) is 8.45. The Bertz CT molecular complexity index is 1580. The SMILES string of the molecule is O=C(NCC(F)(F)F)C1(CCCCN2CCN(c3cccc(-c4ccccc4F)c3)CC2)c2ccccc2-c2ccccc21. The van der Waals surface area contributed by atoms with E-state index < -0.39 is 24.0 Å². The number of nitrogens with zero attached hydrogens (tertiary/aromatic N) is 2. The minimum absolute atomic E-state index is 0.237. The van der Waals surface area contributed by atoms with Gasteiger partial charge >= 0.3 is 6.18 Å². The fourth-order valence-electron chi connectivity index (χ4n) is 6.80. The zero-order chi connectivity index (χ0) is 30.7. The van der Waals surface area contributed by atoms with Crippen LogP contribution in [-0.2, 0) is 10.2 Å². The van der Waals surface area contributed by atoms with Crippen molar-refractivity contribution in [1.82, 2.24) is 10.2 Å². The van der Waals surface area contributed by atoms with Gasteiger partial charge in [0.2, 0.25) is 5.91 Å². The number of hydrogen-bond acceptors (Lipinski definition) is 3. The zero-order valence-electron chi connectivity index (χ0n) is 24.4. The van der Waals surface area contributed by atoms with Gasteiger partial charge in [-0.2, -0.15) is 13.2 Å². The van der Waals surface area contributed by atoms with Gasteiger partial charge in [-0.05, 0) is 65.4 Å². The van der Waals surface area contributed by atoms with E-state index in [0.29, 0.717) is 18.4 Å². The topological polar surface area (TPSA) is 35.6 Å². The first-order valence-electron chi connectivity index (χ1n) is 15.1. The summed E-state index contributed by atoms with van der Waals surface area (Å²) >= 11 is 0. The van der Waals surface area contributed by atoms with Crippen LogP contribution in [0, 0.1) is 5.82 Å². The van der Waals surface area contributed by atoms with Gasteiger partial charge in [0.05, 0.1) is 0 Å². The van der Waals surface area contributed by atoms with Crippen molar-refractivity contribution in [2.75, 3.05) is 44.2 Å². The van der Waals surface area contributed by atoms with E-state index in [2.05, 4.69) is 21.2 Å². The minimum Gasteiger partial charge on any atom is -0.369 e. The van der Waals surface area contributed by atoms with Crippen LogP contribution in [0.25, 0.3) is 22.3 Å². The molecule has 0 atom stereocenters. The number of carbonyl (C=O) groups is 1. The van der Waals surface area contributed by atoms with Crippen LogP contribution in [-0.4, -0.2) is 56.3 Å². The standard InChI is InChI=1S/C36H35F4N3O/c37-33-17-6-3-12-28(33)26-10-9-11-27(24-26)43-22-20-42(21-23-43)19-8-7-18-35(34(44)41-25-36(38,39)40)31-15-4-1-13-29(31)30-14-2-5-16-32(30)35/h1-6,9-17,24H,7-8,18-23,25H2,(H,41,44). The average Bonchev–Trinajstić information content (AvgIpc) is 3.33. The van der Waals surface area contributed by atoms with Crippen LogP contribution < -0.4 is 10.2 Å². The Labute approximate surface area is 255 Å². The van der Waals surface area contributed by atoms with Gasteiger partial charge in [0.1, 0.15) is 17.8 Å². The summed E-state index contributed by atoms with van der Waals surface area (Å²) in [7, 11) is 0. The Morgan fingerprint density at radius 1 is 0.750 bits per heavy atom. The number of unbranched alkanes of at least 4 members (excludes halogenated alkanes) is 1. The van der Waals surface area contributed by atoms with Crippen LogP contribution >= 0.6 is 0 Å². The number of benzene rings is 4. The number of carbonyl (C=O) groups excluding carboxylic acids is 1. The van der Waals surface area contributed by atoms with E-state index in [1.807, 2.05) is 72.8 Å². The molecule has 4 aromatic carbocycles. The fourth-order valence-corrected chi connectivity index (χ4v) is 6.80. The van der Waals surface area contributed by atoms with Gasteiger partial charge < -0.3 is 10.2 Å². The first-order valence-corrected chi connectivity index (χ1v) is 15.1. The average molecular weight is 602 g/mol. The smallest absolute Gasteiger partial charge is 0.369 e. The first kappa shape index (κ1) is 29.9. The van der Waals surface area contributed by atoms with Gasteiger partial charge in [-0.3, -0.25) is 9.69 Å². The second-order valence-corrected chi connectivity index (χ2v) is 11.6. The molecule has 0 unspecified atom stereocenters. The van der Waals surface area contributed by atoms with Crippen molar-refractivity contribution in [2.45, 2.75) is 30.9 Å². The fraction of sp³-hybridized carbons (Fsp3) is 0.306. The molecule has 8 heteroatoms. The second kappa shape index (κ2) is 12.4. The lowest BCUT2D eigenvalue weighted by molar-refractivity contribution is -0.141. The van der Waals surface area contributed by atoms with Crippen molar-refractivity contribution in [3.05, 3.63) is 114 Å². The molecule has 4 nitrogen and oxygen atoms in total. The molecule has 44 heavy (non-hydrogen) atoms. The highest BCUT2D eigenvalue weighted by molar-refractivity contribution is 6.00. The van der Waals surface area contributed by atoms with Gasteiger partial charge in [-0.25, -0.2) is 4.39 Å². The van der Waals surface area contributed by atoms with E-state index in [0.717, 1.165) is 72.6 Å². The summed E-state index contributed by atoms with van der Waals surface area (Å²) in [5.74, 6) is -0.836. The predicted octanol–water partition coefficient (Wildman–Crippen LogP) is 7.43. The minimum atomic E-state index is -4.49. The molecule has 0 saturated carbocycles. The van der Waals surface area contributed by atoms with Crippen LogP contribution in [0.5, 0.6) is 0 Å². The molecule has 1 heterocycles. The maximum Gasteiger partial charge on any atom is 0.405 e. The second-order valence-electron chi connectivity index (χ2n) is 11.6. The molecule has 1 saturated heterocycles. The Morgan fingerprint density at radius 2 is 1.36 bits per heavy atom. The van der Waals surface area contributed by atoms with Crippen LogP contribution in [0.4, 0.5) is 23.2 Å². The molecule has 0 radical (unpaired) electrons. The summed E-state index contributed by atoms with van der Waals surface area (Å²) in [6.45, 7) is 2.90. The number of halogens is 4. The molecule has 1 aliphatic carbocycles. The Morgan fingerprint density at radius 3 is 2.00 bits per heavy atom. The molecule has 0 spiro atoms. The van der Waals surface area contributed by atoms with E-state index in [-0.39, 0.29) is 5.82 Å². The number of nitrogens with one attached hydrogen (secondary N) is 1. The van der Waals surface area contributed by atoms with Crippen molar-refractivity contribution >= 4 is 11.6 Å². The summed E-state index contributed by atoms with van der Waals surface area (Å²) in [6, 6.07) is 29.9. The van der Waals surface area contributed by atoms with E-state index in [9.17, 15) is 22.4 Å². The quantitative estimate of drug-likeness (QED) is 0.160. The largest absolute Gasteiger partial charge is 0.405 e. The third-order valence-corrected chi connectivity index (χ3v) is 8.95. The lowest BCUT2D eigenvalue weighted by atomic mass is 9.73. The summed E-state index contributed by atoms with van der Waals surface area (Å²) in [4.78, 5) is 18.4. The van der Waals surface area contributed by atoms with Gasteiger partial charge in [-0.1, -0.05) is 85.3 Å². The third kappa shape index (κ3) is 5.95. The summed E-state index contributed by atoms with van der Waals surface area (Å²) in [5.41, 5.74) is 4.69. The number of anilines is 1. The number of piperazine rings is 1. The number of fused-ring (bicyclic) bond motifs is 3. The molecule has 1 N–H and O–H groups in total. The number of hydrogen-bond donors (Lipinski definition) is 1. The Balaban J connectivity index is 1.10. The van der Waals surface area contributed by atoms with Crippen molar-refractivity contribution in [3.8, 4) is 22.3 Å². The van der Waals surface area contributed by atoms with Crippen LogP contribution in [0.3, 0.4) is 0 Å². The van der Waals surface area contributed by atoms with E-state index >= 15 is 0 Å². The molecule has 0 bridgehead atoms. The molecule has 1 aliphatic heterocycles. The number of amides is 1. The van der Waals surface area contributed by atoms with Crippen molar-refractivity contribution < 1.29 is 22.4 Å². The summed E-state index contributed by atoms with van der Waals surface area (Å²) in [5, 5.41) is 2.21. The molecule has 2 aliphatic rings. The number of rotatable bonds is 9. The molecular weight excluding hydrogens is 566 g/mol. The third-order valence-electron chi connectivity index (χ3n) is 8.95. The van der Waals surface area contributed by atoms with Crippen LogP contribution in [0.15, 0.2) is 97.1 Å². The highest BCUT2D eigenvalue weighted by Crippen LogP contribution is 2.51. The van der Waals surface area contributed by atoms with Gasteiger partial charge in [-0.15, -0.1) is 0 Å². The molecule has 4 aromatic rings. The molecule has 228 valence electrons. The maximum absolute atomic E-state index is 14.4. The van der Waals surface area contributed by atoms with Gasteiger partial charge in [0.25, 0.3) is 0 Å². The van der Waals surface area contributed by atoms with E-state index in [4.69, 9.17) is 0 Å². The molecule has 0 aromatic heterocycles. The Hall–Kier alpha value is -4.17. The van der Waals surface area contributed by atoms with Crippen LogP contribution in [0.1, 0.15) is 30.4 Å². The summed E-state index contributed by atoms with van der Waals surface area (Å²) < 4.78 is 53.8. The zero-order valence-corrected chi connectivity index (χ0v) is 24.4. The summed E-state index contributed by atoms with van der Waals surface area (Å²) in [6.07, 6.45) is -2.56. The monoisotopic (exact) mass is 601 g/mol. The van der Waals surface area contributed by atoms with E-state index in [1.54, 1.807) is 12.1 Å². The van der Waals surface area contributed by atoms with Crippen molar-refractivity contribution in [2.24, 2.45) is 0 Å². The van der Waals surface area contributed by atoms with Crippen molar-refractivity contribution in [3.63, 3.8) is 0 Å². The highest BCUT2D eigenvalue weighted by Gasteiger charge is 2.49. The number of alkyl halides is 3. The van der Waals surface area contributed by atoms with Gasteiger partial charge in [0.15, 0.2) is 0 Å². The lowest BCUT2D eigenvalue weighted by Gasteiger charge is -2.36. The van der Waals surface area contributed by atoms with Crippen LogP contribution in [0.2, 0.25) is 0 Å². The molecular formula is C36H35F4N3O. The normalized spacial score (nSPS) is 16.0. The molecule has 6 rings (SSSR count). The molecule has 1 fully saturated rings. The van der Waals surface area contributed by atoms with Crippen molar-refractivity contribution in [1.29, 1.82) is 0 Å². The predicted molar refractivity (Wildman–Crippen MR) is 166 cm³/mol. The highest BCUT2D eigenvalue weighted by atomic mass is 19.4. The lowest BCUT2D eigenvalue weighted by Crippen LogP contribution is -2.47. The first-order chi connectivity index (χ1) is 21.3.